The van der Waals surface area contributed by atoms with Gasteiger partial charge in [-0.2, -0.15) is 0 Å². The van der Waals surface area contributed by atoms with Crippen molar-refractivity contribution in [1.29, 1.82) is 0 Å². The third-order valence-corrected chi connectivity index (χ3v) is 4.53. The molecule has 0 spiro atoms. The maximum Gasteiger partial charge on any atom is 0.524 e. The number of fused-ring (bicyclic) bond motifs is 1. The summed E-state index contributed by atoms with van der Waals surface area (Å²) < 4.78 is 41.7. The minimum Gasteiger partial charge on any atom is -0.497 e. The zero-order chi connectivity index (χ0) is 21.8. The maximum atomic E-state index is 12.8. The first-order chi connectivity index (χ1) is 13.4. The van der Waals surface area contributed by atoms with Crippen molar-refractivity contribution in [3.05, 3.63) is 63.3 Å². The molecule has 0 aliphatic heterocycles. The highest BCUT2D eigenvalue weighted by atomic mass is 31.2. The van der Waals surface area contributed by atoms with Crippen molar-refractivity contribution >= 4 is 33.6 Å². The van der Waals surface area contributed by atoms with Crippen molar-refractivity contribution < 1.29 is 46.9 Å². The molecule has 0 bridgehead atoms. The van der Waals surface area contributed by atoms with Gasteiger partial charge in [0.15, 0.2) is 0 Å². The Bertz CT molecular complexity index is 1120. The van der Waals surface area contributed by atoms with E-state index in [0.29, 0.717) is 5.76 Å². The molecular formula is C16H18O11P2. The van der Waals surface area contributed by atoms with Crippen molar-refractivity contribution in [2.75, 3.05) is 7.11 Å². The van der Waals surface area contributed by atoms with E-state index in [1.54, 1.807) is 0 Å². The van der Waals surface area contributed by atoms with Crippen LogP contribution in [0, 0.1) is 0 Å². The Balaban J connectivity index is 2.62. The van der Waals surface area contributed by atoms with Crippen LogP contribution in [-0.2, 0) is 22.9 Å². The predicted octanol–water partition coefficient (Wildman–Crippen LogP) is 0.249. The molecule has 2 rings (SSSR count). The molecule has 158 valence electrons. The zero-order valence-electron chi connectivity index (χ0n) is 15.0. The Morgan fingerprint density at radius 2 is 1.97 bits per heavy atom. The Kier molecular flexibility index (Phi) is 7.20. The van der Waals surface area contributed by atoms with E-state index in [-0.39, 0.29) is 16.2 Å². The van der Waals surface area contributed by atoms with Crippen molar-refractivity contribution in [3.8, 4) is 0 Å². The third kappa shape index (κ3) is 6.66. The number of phosphoric ester groups is 2. The van der Waals surface area contributed by atoms with Crippen molar-refractivity contribution in [1.82, 2.24) is 0 Å². The summed E-state index contributed by atoms with van der Waals surface area (Å²) in [6, 6.07) is 0. The molecule has 1 atom stereocenters. The maximum absolute atomic E-state index is 12.8. The monoisotopic (exact) mass is 448 g/mol. The number of phosphoric acid groups is 2. The second-order valence-electron chi connectivity index (χ2n) is 5.61. The molecule has 0 aromatic carbocycles. The fourth-order valence-electron chi connectivity index (χ4n) is 2.45. The van der Waals surface area contributed by atoms with E-state index >= 15 is 0 Å². The van der Waals surface area contributed by atoms with Gasteiger partial charge in [-0.15, -0.1) is 0 Å². The highest BCUT2D eigenvalue weighted by molar-refractivity contribution is 7.46. The van der Waals surface area contributed by atoms with Gasteiger partial charge < -0.3 is 23.5 Å². The summed E-state index contributed by atoms with van der Waals surface area (Å²) >= 11 is 0. The summed E-state index contributed by atoms with van der Waals surface area (Å²) in [6.07, 6.45) is 6.11. The van der Waals surface area contributed by atoms with Crippen LogP contribution in [-0.4, -0.2) is 32.8 Å². The number of methoxy groups -OCH3 is 1. The number of allylic oxidation sites excluding steroid dienone is 3. The fourth-order valence-corrected chi connectivity index (χ4v) is 3.39. The van der Waals surface area contributed by atoms with Crippen molar-refractivity contribution in [2.45, 2.75) is 12.5 Å². The molecule has 1 unspecified atom stereocenters. The Hall–Kier alpha value is -2.23. The highest BCUT2D eigenvalue weighted by Gasteiger charge is 2.29. The minimum absolute atomic E-state index is 0.0223. The molecule has 1 aliphatic carbocycles. The average Bonchev–Trinajstić information content (AvgIpc) is 2.57. The molecular weight excluding hydrogens is 430 g/mol. The molecule has 29 heavy (non-hydrogen) atoms. The van der Waals surface area contributed by atoms with Crippen LogP contribution >= 0.6 is 15.6 Å². The van der Waals surface area contributed by atoms with Gasteiger partial charge in [-0.1, -0.05) is 12.7 Å². The van der Waals surface area contributed by atoms with Crippen LogP contribution in [0.2, 0.25) is 0 Å². The third-order valence-electron chi connectivity index (χ3n) is 3.53. The summed E-state index contributed by atoms with van der Waals surface area (Å²) in [5, 5.41) is -0.291. The standard InChI is InChI=1S/C16H18O11P2/c1-3-11(24-2)6-4-5-10-9-25-13-7-12(26-28(18,19)20)8-14(15(13)16(10)17)27-29(21,22)23/h3-7,9,12H,1,8H2,2H3,(H2,18,19,20)(H2,21,22,23)/b5-4+,11-6+. The second kappa shape index (κ2) is 9.06. The predicted molar refractivity (Wildman–Crippen MR) is 101 cm³/mol. The van der Waals surface area contributed by atoms with Crippen LogP contribution in [0.5, 0.6) is 0 Å². The van der Waals surface area contributed by atoms with E-state index < -0.39 is 39.4 Å². The molecule has 0 saturated carbocycles. The van der Waals surface area contributed by atoms with Gasteiger partial charge in [0.05, 0.1) is 18.8 Å². The van der Waals surface area contributed by atoms with Gasteiger partial charge in [-0.25, -0.2) is 9.13 Å². The lowest BCUT2D eigenvalue weighted by atomic mass is 10.1. The summed E-state index contributed by atoms with van der Waals surface area (Å²) in [5.41, 5.74) is -0.864. The number of ether oxygens (including phenoxy) is 1. The van der Waals surface area contributed by atoms with Gasteiger partial charge in [-0.05, 0) is 24.3 Å². The highest BCUT2D eigenvalue weighted by Crippen LogP contribution is 2.43. The summed E-state index contributed by atoms with van der Waals surface area (Å²) in [6.45, 7) is 3.54. The number of rotatable bonds is 8. The number of hydrogen-bond donors (Lipinski definition) is 4. The molecule has 1 aliphatic rings. The van der Waals surface area contributed by atoms with Crippen LogP contribution in [0.25, 0.3) is 17.9 Å². The quantitative estimate of drug-likeness (QED) is 0.244. The van der Waals surface area contributed by atoms with Crippen molar-refractivity contribution in [2.24, 2.45) is 0 Å². The van der Waals surface area contributed by atoms with E-state index in [4.69, 9.17) is 28.7 Å². The molecule has 1 aromatic heterocycles. The Morgan fingerprint density at radius 1 is 1.28 bits per heavy atom. The lowest BCUT2D eigenvalue weighted by Gasteiger charge is -2.20. The van der Waals surface area contributed by atoms with Crippen LogP contribution in [0.4, 0.5) is 0 Å². The largest absolute Gasteiger partial charge is 0.524 e. The van der Waals surface area contributed by atoms with Crippen LogP contribution < -0.4 is 16.1 Å². The SMILES string of the molecule is C=C/C(=C\C=C\c1coc2c(c1=O)=C(OP(=O)(O)O)CC(OP(=O)(O)O)C=2)OC. The van der Waals surface area contributed by atoms with Gasteiger partial charge in [-0.3, -0.25) is 19.1 Å². The zero-order valence-corrected chi connectivity index (χ0v) is 16.8. The van der Waals surface area contributed by atoms with Crippen LogP contribution in [0.1, 0.15) is 12.0 Å². The van der Waals surface area contributed by atoms with Crippen molar-refractivity contribution in [3.63, 3.8) is 0 Å². The van der Waals surface area contributed by atoms with E-state index in [0.717, 1.165) is 12.3 Å². The summed E-state index contributed by atoms with van der Waals surface area (Å²) in [7, 11) is -8.58. The van der Waals surface area contributed by atoms with E-state index in [9.17, 15) is 13.9 Å². The fraction of sp³-hybridized carbons (Fsp3) is 0.188. The molecule has 11 nitrogen and oxygen atoms in total. The smallest absolute Gasteiger partial charge is 0.497 e. The Labute approximate surface area is 164 Å². The molecule has 0 radical (unpaired) electrons. The van der Waals surface area contributed by atoms with Crippen LogP contribution in [0.3, 0.4) is 0 Å². The first kappa shape index (κ1) is 23.1. The molecule has 13 heteroatoms. The van der Waals surface area contributed by atoms with Gasteiger partial charge in [0, 0.05) is 6.42 Å². The molecule has 1 aromatic rings. The average molecular weight is 448 g/mol. The van der Waals surface area contributed by atoms with Gasteiger partial charge in [0.1, 0.15) is 28.4 Å². The molecule has 0 fully saturated rings. The summed E-state index contributed by atoms with van der Waals surface area (Å²) in [4.78, 5) is 48.9. The Morgan fingerprint density at radius 3 is 2.52 bits per heavy atom. The second-order valence-corrected chi connectivity index (χ2v) is 7.96. The van der Waals surface area contributed by atoms with E-state index in [1.807, 2.05) is 0 Å². The minimum atomic E-state index is -5.08. The summed E-state index contributed by atoms with van der Waals surface area (Å²) in [5.74, 6) is -0.0936. The molecule has 0 amide bonds. The normalized spacial score (nSPS) is 17.6. The topological polar surface area (TPSA) is 173 Å². The van der Waals surface area contributed by atoms with Gasteiger partial charge in [0.25, 0.3) is 0 Å². The lowest BCUT2D eigenvalue weighted by molar-refractivity contribution is 0.164. The van der Waals surface area contributed by atoms with Crippen LogP contribution in [0.15, 0.2) is 46.0 Å². The first-order valence-electron chi connectivity index (χ1n) is 7.84. The lowest BCUT2D eigenvalue weighted by Crippen LogP contribution is -2.45. The van der Waals surface area contributed by atoms with E-state index in [1.165, 1.54) is 31.4 Å². The molecule has 0 saturated heterocycles. The van der Waals surface area contributed by atoms with Gasteiger partial charge >= 0.3 is 15.6 Å². The van der Waals surface area contributed by atoms with Gasteiger partial charge in [0.2, 0.25) is 5.43 Å². The first-order valence-corrected chi connectivity index (χ1v) is 10.9. The number of hydrogen-bond acceptors (Lipinski definition) is 7. The van der Waals surface area contributed by atoms with E-state index in [2.05, 4.69) is 15.6 Å². The molecule has 1 heterocycles. The molecule has 4 N–H and O–H groups in total.